The summed E-state index contributed by atoms with van der Waals surface area (Å²) in [7, 11) is -3.61. The van der Waals surface area contributed by atoms with Crippen LogP contribution in [0.2, 0.25) is 0 Å². The molecule has 1 amide bonds. The maximum absolute atomic E-state index is 13.0. The van der Waals surface area contributed by atoms with E-state index in [9.17, 15) is 23.1 Å². The van der Waals surface area contributed by atoms with Crippen LogP contribution in [-0.2, 0) is 30.0 Å². The molecule has 0 bridgehead atoms. The Morgan fingerprint density at radius 2 is 1.34 bits per heavy atom. The molecule has 3 rings (SSSR count). The molecule has 3 aromatic rings. The molecule has 0 saturated heterocycles. The van der Waals surface area contributed by atoms with Crippen LogP contribution in [0.1, 0.15) is 25.0 Å². The highest BCUT2D eigenvalue weighted by Crippen LogP contribution is 2.31. The third kappa shape index (κ3) is 5.76. The number of nitrogens with zero attached hydrogens (tertiary/aromatic N) is 1. The van der Waals surface area contributed by atoms with Crippen molar-refractivity contribution in [3.63, 3.8) is 0 Å². The zero-order chi connectivity index (χ0) is 25.5. The first-order valence-corrected chi connectivity index (χ1v) is 12.6. The van der Waals surface area contributed by atoms with Crippen LogP contribution in [0.5, 0.6) is 0 Å². The van der Waals surface area contributed by atoms with E-state index in [0.29, 0.717) is 29.9 Å². The summed E-state index contributed by atoms with van der Waals surface area (Å²) in [5.41, 5.74) is -1.14. The summed E-state index contributed by atoms with van der Waals surface area (Å²) < 4.78 is 31.7. The number of anilines is 1. The van der Waals surface area contributed by atoms with Gasteiger partial charge in [0.2, 0.25) is 15.6 Å². The molecular formula is C26H28N2O6S. The van der Waals surface area contributed by atoms with Gasteiger partial charge in [-0.25, -0.2) is 13.2 Å². The fraction of sp³-hybridized carbons (Fsp3) is 0.231. The number of ether oxygens (including phenoxy) is 1. The molecule has 0 fully saturated rings. The number of aliphatic hydroxyl groups is 1. The van der Waals surface area contributed by atoms with Gasteiger partial charge < -0.3 is 15.2 Å². The molecule has 0 aliphatic heterocycles. The number of esters is 1. The van der Waals surface area contributed by atoms with Crippen LogP contribution < -0.4 is 5.32 Å². The Kier molecular flexibility index (Phi) is 8.39. The smallest absolute Gasteiger partial charge is 0.348 e. The molecule has 0 unspecified atom stereocenters. The van der Waals surface area contributed by atoms with E-state index in [1.165, 1.54) is 28.6 Å². The molecule has 9 heteroatoms. The molecule has 8 nitrogen and oxygen atoms in total. The molecule has 0 aliphatic rings. The van der Waals surface area contributed by atoms with Crippen LogP contribution in [0.4, 0.5) is 5.69 Å². The van der Waals surface area contributed by atoms with Gasteiger partial charge in [0.1, 0.15) is 0 Å². The summed E-state index contributed by atoms with van der Waals surface area (Å²) in [6.07, 6.45) is 0. The van der Waals surface area contributed by atoms with E-state index in [0.717, 1.165) is 0 Å². The second-order valence-electron chi connectivity index (χ2n) is 7.68. The standard InChI is InChI=1S/C26H28N2O6S/c1-3-28(4-2)35(32,33)23-17-15-22(16-18-23)27-24(29)19-34-25(30)26(31,20-11-7-5-8-12-20)21-13-9-6-10-14-21/h5-18,31H,3-4,19H2,1-2H3,(H,27,29). The van der Waals surface area contributed by atoms with Crippen molar-refractivity contribution < 1.29 is 27.9 Å². The maximum Gasteiger partial charge on any atom is 0.348 e. The summed E-state index contributed by atoms with van der Waals surface area (Å²) in [4.78, 5) is 25.5. The minimum absolute atomic E-state index is 0.112. The predicted molar refractivity (Wildman–Crippen MR) is 132 cm³/mol. The molecule has 35 heavy (non-hydrogen) atoms. The van der Waals surface area contributed by atoms with Crippen LogP contribution in [0, 0.1) is 0 Å². The highest BCUT2D eigenvalue weighted by atomic mass is 32.2. The zero-order valence-corrected chi connectivity index (χ0v) is 20.4. The van der Waals surface area contributed by atoms with Crippen LogP contribution in [-0.4, -0.2) is 49.4 Å². The van der Waals surface area contributed by atoms with Crippen molar-refractivity contribution in [1.29, 1.82) is 0 Å². The van der Waals surface area contributed by atoms with Crippen molar-refractivity contribution in [3.8, 4) is 0 Å². The molecule has 0 heterocycles. The Balaban J connectivity index is 1.69. The lowest BCUT2D eigenvalue weighted by molar-refractivity contribution is -0.163. The van der Waals surface area contributed by atoms with Crippen molar-refractivity contribution in [2.45, 2.75) is 24.3 Å². The monoisotopic (exact) mass is 496 g/mol. The van der Waals surface area contributed by atoms with E-state index in [4.69, 9.17) is 4.74 Å². The number of carbonyl (C=O) groups excluding carboxylic acids is 2. The van der Waals surface area contributed by atoms with Crippen LogP contribution >= 0.6 is 0 Å². The second-order valence-corrected chi connectivity index (χ2v) is 9.62. The minimum atomic E-state index is -3.61. The number of hydrogen-bond donors (Lipinski definition) is 2. The Morgan fingerprint density at radius 1 is 0.857 bits per heavy atom. The summed E-state index contributed by atoms with van der Waals surface area (Å²) in [5.74, 6) is -1.63. The van der Waals surface area contributed by atoms with Gasteiger partial charge in [-0.05, 0) is 35.4 Å². The van der Waals surface area contributed by atoms with Crippen molar-refractivity contribution in [2.24, 2.45) is 0 Å². The SMILES string of the molecule is CCN(CC)S(=O)(=O)c1ccc(NC(=O)COC(=O)C(O)(c2ccccc2)c2ccccc2)cc1. The van der Waals surface area contributed by atoms with Gasteiger partial charge in [0.15, 0.2) is 6.61 Å². The van der Waals surface area contributed by atoms with Crippen molar-refractivity contribution in [1.82, 2.24) is 4.31 Å². The van der Waals surface area contributed by atoms with E-state index >= 15 is 0 Å². The molecule has 0 aromatic heterocycles. The Bertz CT molecular complexity index is 1200. The largest absolute Gasteiger partial charge is 0.453 e. The van der Waals surface area contributed by atoms with E-state index < -0.39 is 34.1 Å². The molecule has 0 aliphatic carbocycles. The third-order valence-electron chi connectivity index (χ3n) is 5.49. The number of sulfonamides is 1. The summed E-state index contributed by atoms with van der Waals surface area (Å²) >= 11 is 0. The molecule has 0 radical (unpaired) electrons. The lowest BCUT2D eigenvalue weighted by atomic mass is 9.86. The van der Waals surface area contributed by atoms with Gasteiger partial charge in [0, 0.05) is 18.8 Å². The summed E-state index contributed by atoms with van der Waals surface area (Å²) in [5, 5.41) is 13.9. The lowest BCUT2D eigenvalue weighted by Gasteiger charge is -2.27. The van der Waals surface area contributed by atoms with Gasteiger partial charge in [0.05, 0.1) is 4.90 Å². The van der Waals surface area contributed by atoms with Crippen LogP contribution in [0.25, 0.3) is 0 Å². The van der Waals surface area contributed by atoms with E-state index in [1.807, 2.05) is 0 Å². The van der Waals surface area contributed by atoms with E-state index in [-0.39, 0.29) is 4.90 Å². The first kappa shape index (κ1) is 26.1. The first-order chi connectivity index (χ1) is 16.7. The summed E-state index contributed by atoms with van der Waals surface area (Å²) in [6, 6.07) is 22.4. The Morgan fingerprint density at radius 3 is 1.80 bits per heavy atom. The first-order valence-electron chi connectivity index (χ1n) is 11.1. The average molecular weight is 497 g/mol. The Labute approximate surface area is 205 Å². The number of nitrogens with one attached hydrogen (secondary N) is 1. The third-order valence-corrected chi connectivity index (χ3v) is 7.56. The molecule has 0 atom stereocenters. The zero-order valence-electron chi connectivity index (χ0n) is 19.5. The van der Waals surface area contributed by atoms with E-state index in [2.05, 4.69) is 5.32 Å². The van der Waals surface area contributed by atoms with Gasteiger partial charge >= 0.3 is 5.97 Å². The van der Waals surface area contributed by atoms with Crippen molar-refractivity contribution in [2.75, 3.05) is 25.0 Å². The average Bonchev–Trinajstić information content (AvgIpc) is 2.88. The summed E-state index contributed by atoms with van der Waals surface area (Å²) in [6.45, 7) is 3.57. The van der Waals surface area contributed by atoms with Crippen LogP contribution in [0.15, 0.2) is 89.8 Å². The fourth-order valence-electron chi connectivity index (χ4n) is 3.62. The lowest BCUT2D eigenvalue weighted by Crippen LogP contribution is -2.39. The molecule has 3 aromatic carbocycles. The van der Waals surface area contributed by atoms with E-state index in [1.54, 1.807) is 74.5 Å². The second kappa shape index (κ2) is 11.3. The minimum Gasteiger partial charge on any atom is -0.453 e. The highest BCUT2D eigenvalue weighted by Gasteiger charge is 2.41. The topological polar surface area (TPSA) is 113 Å². The number of amides is 1. The number of benzene rings is 3. The van der Waals surface area contributed by atoms with Crippen molar-refractivity contribution in [3.05, 3.63) is 96.1 Å². The maximum atomic E-state index is 13.0. The molecule has 0 spiro atoms. The normalized spacial score (nSPS) is 11.8. The van der Waals surface area contributed by atoms with Gasteiger partial charge in [-0.2, -0.15) is 4.31 Å². The predicted octanol–water partition coefficient (Wildman–Crippen LogP) is 3.13. The van der Waals surface area contributed by atoms with Gasteiger partial charge in [-0.3, -0.25) is 4.79 Å². The highest BCUT2D eigenvalue weighted by molar-refractivity contribution is 7.89. The quantitative estimate of drug-likeness (QED) is 0.417. The number of rotatable bonds is 10. The van der Waals surface area contributed by atoms with Gasteiger partial charge in [0.25, 0.3) is 5.91 Å². The number of carbonyl (C=O) groups is 2. The van der Waals surface area contributed by atoms with Crippen molar-refractivity contribution >= 4 is 27.6 Å². The van der Waals surface area contributed by atoms with Crippen LogP contribution in [0.3, 0.4) is 0 Å². The molecule has 0 saturated carbocycles. The fourth-order valence-corrected chi connectivity index (χ4v) is 5.07. The van der Waals surface area contributed by atoms with Gasteiger partial charge in [-0.1, -0.05) is 74.5 Å². The molecular weight excluding hydrogens is 468 g/mol. The number of hydrogen-bond acceptors (Lipinski definition) is 6. The molecule has 184 valence electrons. The van der Waals surface area contributed by atoms with Gasteiger partial charge in [-0.15, -0.1) is 0 Å². The molecule has 2 N–H and O–H groups in total. The Hall–Kier alpha value is -3.53.